The predicted molar refractivity (Wildman–Crippen MR) is 131 cm³/mol. The molecule has 4 rings (SSSR count). The quantitative estimate of drug-likeness (QED) is 0.679. The van der Waals surface area contributed by atoms with Crippen LogP contribution in [0.4, 0.5) is 5.69 Å². The van der Waals surface area contributed by atoms with Crippen LogP contribution >= 0.6 is 11.8 Å². The van der Waals surface area contributed by atoms with Crippen molar-refractivity contribution in [2.75, 3.05) is 30.3 Å². The molecule has 182 valence electrons. The van der Waals surface area contributed by atoms with E-state index in [9.17, 15) is 18.0 Å². The molecule has 0 bridgehead atoms. The number of nitrogens with one attached hydrogen (secondary N) is 1. The Bertz CT molecular complexity index is 1000. The number of nitrogens with zero attached hydrogens (tertiary/aromatic N) is 2. The van der Waals surface area contributed by atoms with Crippen LogP contribution in [0.25, 0.3) is 0 Å². The zero-order chi connectivity index (χ0) is 23.8. The molecule has 0 aromatic heterocycles. The van der Waals surface area contributed by atoms with Crippen LogP contribution in [0, 0.1) is 17.8 Å². The summed E-state index contributed by atoms with van der Waals surface area (Å²) in [6.45, 7) is 7.47. The molecule has 2 aliphatic heterocycles. The van der Waals surface area contributed by atoms with Gasteiger partial charge in [0.2, 0.25) is 21.8 Å². The highest BCUT2D eigenvalue weighted by molar-refractivity contribution is 8.00. The van der Waals surface area contributed by atoms with Crippen LogP contribution in [-0.4, -0.2) is 56.0 Å². The Morgan fingerprint density at radius 3 is 2.58 bits per heavy atom. The highest BCUT2D eigenvalue weighted by atomic mass is 32.2. The minimum absolute atomic E-state index is 0.0886. The van der Waals surface area contributed by atoms with Gasteiger partial charge in [0.1, 0.15) is 6.54 Å². The Balaban J connectivity index is 1.53. The van der Waals surface area contributed by atoms with Gasteiger partial charge in [0.15, 0.2) is 0 Å². The molecule has 0 spiro atoms. The second kappa shape index (κ2) is 9.96. The highest BCUT2D eigenvalue weighted by Gasteiger charge is 2.33. The summed E-state index contributed by atoms with van der Waals surface area (Å²) < 4.78 is 28.0. The topological polar surface area (TPSA) is 86.8 Å². The van der Waals surface area contributed by atoms with Gasteiger partial charge in [-0.3, -0.25) is 9.59 Å². The lowest BCUT2D eigenvalue weighted by atomic mass is 9.78. The molecule has 1 aromatic rings. The van der Waals surface area contributed by atoms with Crippen molar-refractivity contribution in [2.45, 2.75) is 68.7 Å². The Morgan fingerprint density at radius 1 is 1.12 bits per heavy atom. The molecule has 1 aromatic carbocycles. The van der Waals surface area contributed by atoms with Gasteiger partial charge in [-0.25, -0.2) is 8.42 Å². The number of sulfonamides is 1. The lowest BCUT2D eigenvalue weighted by molar-refractivity contribution is -0.124. The zero-order valence-corrected chi connectivity index (χ0v) is 21.4. The fraction of sp³-hybridized carbons (Fsp3) is 0.667. The maximum atomic E-state index is 13.3. The number of thioether (sulfide) groups is 1. The molecule has 2 fully saturated rings. The van der Waals surface area contributed by atoms with Gasteiger partial charge >= 0.3 is 0 Å². The van der Waals surface area contributed by atoms with Crippen molar-refractivity contribution in [3.05, 3.63) is 18.2 Å². The van der Waals surface area contributed by atoms with Crippen LogP contribution in [0.15, 0.2) is 28.0 Å². The van der Waals surface area contributed by atoms with E-state index >= 15 is 0 Å². The van der Waals surface area contributed by atoms with Crippen molar-refractivity contribution in [3.63, 3.8) is 0 Å². The van der Waals surface area contributed by atoms with Crippen LogP contribution in [0.2, 0.25) is 0 Å². The average Bonchev–Trinajstić information content (AvgIpc) is 2.79. The third kappa shape index (κ3) is 5.25. The van der Waals surface area contributed by atoms with E-state index in [4.69, 9.17) is 0 Å². The lowest BCUT2D eigenvalue weighted by Crippen LogP contribution is -2.49. The molecule has 2 heterocycles. The first kappa shape index (κ1) is 24.5. The van der Waals surface area contributed by atoms with E-state index in [2.05, 4.69) is 26.1 Å². The fourth-order valence-electron chi connectivity index (χ4n) is 5.07. The van der Waals surface area contributed by atoms with Gasteiger partial charge in [-0.2, -0.15) is 4.31 Å². The molecule has 33 heavy (non-hydrogen) atoms. The smallest absolute Gasteiger partial charge is 0.243 e. The van der Waals surface area contributed by atoms with Gasteiger partial charge in [0.05, 0.1) is 16.3 Å². The van der Waals surface area contributed by atoms with E-state index in [1.165, 1.54) is 27.4 Å². The molecule has 7 nitrogen and oxygen atoms in total. The molecule has 3 atom stereocenters. The number of fused-ring (bicyclic) bond motifs is 1. The van der Waals surface area contributed by atoms with E-state index in [0.717, 1.165) is 30.6 Å². The summed E-state index contributed by atoms with van der Waals surface area (Å²) in [5, 5.41) is 3.13. The Hall–Kier alpha value is -1.58. The fourth-order valence-corrected chi connectivity index (χ4v) is 7.48. The van der Waals surface area contributed by atoms with E-state index in [1.807, 2.05) is 0 Å². The van der Waals surface area contributed by atoms with Crippen molar-refractivity contribution < 1.29 is 18.0 Å². The maximum absolute atomic E-state index is 13.3. The largest absolute Gasteiger partial charge is 0.352 e. The van der Waals surface area contributed by atoms with Gasteiger partial charge in [-0.1, -0.05) is 33.6 Å². The second-order valence-corrected chi connectivity index (χ2v) is 12.9. The minimum Gasteiger partial charge on any atom is -0.352 e. The third-order valence-corrected chi connectivity index (χ3v) is 10.6. The first-order valence-electron chi connectivity index (χ1n) is 12.0. The minimum atomic E-state index is -3.64. The van der Waals surface area contributed by atoms with Crippen molar-refractivity contribution >= 4 is 39.3 Å². The predicted octanol–water partition coefficient (Wildman–Crippen LogP) is 3.49. The van der Waals surface area contributed by atoms with Gasteiger partial charge in [-0.05, 0) is 55.2 Å². The summed E-state index contributed by atoms with van der Waals surface area (Å²) in [5.74, 6) is 1.36. The van der Waals surface area contributed by atoms with Gasteiger partial charge in [0.25, 0.3) is 0 Å². The molecule has 3 unspecified atom stereocenters. The first-order chi connectivity index (χ1) is 15.7. The number of anilines is 1. The van der Waals surface area contributed by atoms with E-state index < -0.39 is 10.0 Å². The standard InChI is InChI=1S/C24H35N3O4S2/c1-16-9-11-26(12-10-16)33(30,31)19-7-8-22-21(13-19)27(24(29)15-32-22)14-23(28)25-20-6-4-5-17(2)18(20)3/h7-8,13,16-18,20H,4-6,9-12,14-15H2,1-3H3,(H,25,28). The van der Waals surface area contributed by atoms with Crippen LogP contribution < -0.4 is 10.2 Å². The number of hydrogen-bond acceptors (Lipinski definition) is 5. The number of amides is 2. The molecule has 2 amide bonds. The van der Waals surface area contributed by atoms with Crippen molar-refractivity contribution in [1.82, 2.24) is 9.62 Å². The molecule has 9 heteroatoms. The van der Waals surface area contributed by atoms with Gasteiger partial charge in [-0.15, -0.1) is 11.8 Å². The molecule has 1 N–H and O–H groups in total. The third-order valence-electron chi connectivity index (χ3n) is 7.61. The van der Waals surface area contributed by atoms with Gasteiger partial charge < -0.3 is 10.2 Å². The van der Waals surface area contributed by atoms with E-state index in [1.54, 1.807) is 18.2 Å². The SMILES string of the molecule is CC1CCN(S(=O)(=O)c2ccc3c(c2)N(CC(=O)NC2CCCC(C)C2C)C(=O)CS3)CC1. The highest BCUT2D eigenvalue weighted by Crippen LogP contribution is 2.38. The normalized spacial score (nSPS) is 27.3. The molecule has 1 aliphatic carbocycles. The second-order valence-electron chi connectivity index (χ2n) is 9.93. The summed E-state index contributed by atoms with van der Waals surface area (Å²) in [6.07, 6.45) is 4.92. The summed E-state index contributed by atoms with van der Waals surface area (Å²) in [7, 11) is -3.64. The van der Waals surface area contributed by atoms with Crippen molar-refractivity contribution in [3.8, 4) is 0 Å². The van der Waals surface area contributed by atoms with Crippen LogP contribution in [0.1, 0.15) is 52.9 Å². The number of carbonyl (C=O) groups is 2. The van der Waals surface area contributed by atoms with Crippen LogP contribution in [0.3, 0.4) is 0 Å². The lowest BCUT2D eigenvalue weighted by Gasteiger charge is -2.35. The number of rotatable bonds is 5. The summed E-state index contributed by atoms with van der Waals surface area (Å²) in [4.78, 5) is 28.1. The Labute approximate surface area is 201 Å². The summed E-state index contributed by atoms with van der Waals surface area (Å²) in [6, 6.07) is 5.08. The molecular weight excluding hydrogens is 458 g/mol. The number of benzene rings is 1. The van der Waals surface area contributed by atoms with Crippen molar-refractivity contribution in [2.24, 2.45) is 17.8 Å². The molecule has 0 radical (unpaired) electrons. The monoisotopic (exact) mass is 493 g/mol. The molecule has 3 aliphatic rings. The van der Waals surface area contributed by atoms with E-state index in [0.29, 0.717) is 36.5 Å². The Kier molecular flexibility index (Phi) is 7.41. The maximum Gasteiger partial charge on any atom is 0.243 e. The number of hydrogen-bond donors (Lipinski definition) is 1. The average molecular weight is 494 g/mol. The number of piperidine rings is 1. The zero-order valence-electron chi connectivity index (χ0n) is 19.7. The van der Waals surface area contributed by atoms with Crippen molar-refractivity contribution in [1.29, 1.82) is 0 Å². The molecule has 1 saturated carbocycles. The molecule has 1 saturated heterocycles. The molecular formula is C24H35N3O4S2. The van der Waals surface area contributed by atoms with Gasteiger partial charge in [0, 0.05) is 24.0 Å². The van der Waals surface area contributed by atoms with Crippen LogP contribution in [0.5, 0.6) is 0 Å². The Morgan fingerprint density at radius 2 is 1.85 bits per heavy atom. The van der Waals surface area contributed by atoms with Crippen LogP contribution in [-0.2, 0) is 19.6 Å². The van der Waals surface area contributed by atoms with E-state index in [-0.39, 0.29) is 35.0 Å². The summed E-state index contributed by atoms with van der Waals surface area (Å²) >= 11 is 1.39. The summed E-state index contributed by atoms with van der Waals surface area (Å²) in [5.41, 5.74) is 0.517. The first-order valence-corrected chi connectivity index (χ1v) is 14.5. The number of carbonyl (C=O) groups excluding carboxylic acids is 2.